The maximum Gasteiger partial charge on any atom is 0.245 e. The molecule has 0 saturated heterocycles. The zero-order valence-corrected chi connectivity index (χ0v) is 14.8. The van der Waals surface area contributed by atoms with Gasteiger partial charge in [0.05, 0.1) is 17.5 Å². The van der Waals surface area contributed by atoms with E-state index >= 15 is 0 Å². The number of halogens is 1. The summed E-state index contributed by atoms with van der Waals surface area (Å²) >= 11 is 8.99. The predicted octanol–water partition coefficient (Wildman–Crippen LogP) is 4.29. The number of nitrogens with one attached hydrogen (secondary N) is 2. The third-order valence-electron chi connectivity index (χ3n) is 2.92. The zero-order chi connectivity index (χ0) is 16.8. The van der Waals surface area contributed by atoms with Crippen LogP contribution in [0.4, 0.5) is 10.8 Å². The number of rotatable bonds is 6. The number of amides is 1. The van der Waals surface area contributed by atoms with Crippen LogP contribution >= 0.6 is 34.3 Å². The fourth-order valence-corrected chi connectivity index (χ4v) is 3.62. The lowest BCUT2D eigenvalue weighted by atomic mass is 10.3. The summed E-state index contributed by atoms with van der Waals surface area (Å²) in [6, 6.07) is 13.5. The van der Waals surface area contributed by atoms with Crippen molar-refractivity contribution in [1.82, 2.24) is 10.4 Å². The second-order valence-electron chi connectivity index (χ2n) is 4.71. The molecule has 1 aromatic carbocycles. The Morgan fingerprint density at radius 2 is 2.08 bits per heavy atom. The molecule has 0 atom stereocenters. The molecule has 2 heterocycles. The molecule has 3 rings (SSSR count). The van der Waals surface area contributed by atoms with Gasteiger partial charge in [-0.25, -0.2) is 10.4 Å². The maximum absolute atomic E-state index is 11.8. The van der Waals surface area contributed by atoms with Crippen LogP contribution < -0.4 is 10.7 Å². The van der Waals surface area contributed by atoms with Crippen LogP contribution in [0.25, 0.3) is 0 Å². The van der Waals surface area contributed by atoms with Crippen LogP contribution in [0.2, 0.25) is 5.15 Å². The molecule has 0 spiro atoms. The van der Waals surface area contributed by atoms with Gasteiger partial charge in [-0.3, -0.25) is 4.79 Å². The number of hydrogen-bond donors (Lipinski definition) is 2. The average Bonchev–Trinajstić information content (AvgIpc) is 3.19. The normalized spacial score (nSPS) is 10.9. The Labute approximate surface area is 152 Å². The Morgan fingerprint density at radius 1 is 1.25 bits per heavy atom. The molecule has 2 aromatic heterocycles. The third kappa shape index (κ3) is 4.64. The summed E-state index contributed by atoms with van der Waals surface area (Å²) in [7, 11) is 0. The van der Waals surface area contributed by atoms with Gasteiger partial charge in [-0.2, -0.15) is 5.10 Å². The van der Waals surface area contributed by atoms with Crippen LogP contribution in [0.3, 0.4) is 0 Å². The minimum absolute atomic E-state index is 0.169. The number of para-hydroxylation sites is 1. The fraction of sp³-hybridized carbons (Fsp3) is 0.0625. The number of benzene rings is 1. The number of carbonyl (C=O) groups excluding carboxylic acids is 1. The van der Waals surface area contributed by atoms with E-state index in [1.165, 1.54) is 28.9 Å². The summed E-state index contributed by atoms with van der Waals surface area (Å²) in [5.74, 6) is -0.169. The second kappa shape index (κ2) is 8.05. The fourth-order valence-electron chi connectivity index (χ4n) is 1.87. The van der Waals surface area contributed by atoms with E-state index in [-0.39, 0.29) is 5.91 Å². The zero-order valence-electron chi connectivity index (χ0n) is 12.4. The summed E-state index contributed by atoms with van der Waals surface area (Å²) in [5.41, 5.74) is 3.42. The van der Waals surface area contributed by atoms with Crippen molar-refractivity contribution in [2.45, 2.75) is 6.42 Å². The topological polar surface area (TPSA) is 66.4 Å². The summed E-state index contributed by atoms with van der Waals surface area (Å²) in [5, 5.41) is 10.1. The Morgan fingerprint density at radius 3 is 2.83 bits per heavy atom. The molecule has 2 N–H and O–H groups in total. The van der Waals surface area contributed by atoms with Gasteiger partial charge in [-0.1, -0.05) is 47.2 Å². The highest BCUT2D eigenvalue weighted by Crippen LogP contribution is 2.27. The largest absolute Gasteiger partial charge is 0.331 e. The first kappa shape index (κ1) is 16.6. The lowest BCUT2D eigenvalue weighted by molar-refractivity contribution is -0.120. The third-order valence-corrected chi connectivity index (χ3v) is 5.10. The van der Waals surface area contributed by atoms with Crippen molar-refractivity contribution in [3.8, 4) is 0 Å². The molecule has 0 saturated carbocycles. The lowest BCUT2D eigenvalue weighted by Crippen LogP contribution is -2.19. The van der Waals surface area contributed by atoms with E-state index in [1.807, 2.05) is 47.8 Å². The minimum atomic E-state index is -0.169. The van der Waals surface area contributed by atoms with Gasteiger partial charge in [0, 0.05) is 10.6 Å². The van der Waals surface area contributed by atoms with Crippen molar-refractivity contribution in [3.05, 3.63) is 62.8 Å². The van der Waals surface area contributed by atoms with Crippen LogP contribution in [0, 0.1) is 0 Å². The molecule has 24 heavy (non-hydrogen) atoms. The number of anilines is 2. The number of aromatic nitrogens is 1. The van der Waals surface area contributed by atoms with Crippen molar-refractivity contribution in [2.75, 3.05) is 5.32 Å². The molecular formula is C16H13ClN4OS2. The van der Waals surface area contributed by atoms with Crippen LogP contribution in [0.1, 0.15) is 9.75 Å². The number of thiophene rings is 1. The standard InChI is InChI=1S/C16H13ClN4OS2/c17-15-13(10-18-21-14(22)9-12-7-4-8-23-12)24-16(20-15)19-11-5-2-1-3-6-11/h1-8,10H,9H2,(H,19,20)(H,21,22)/b18-10+. The molecule has 0 aliphatic rings. The van der Waals surface area contributed by atoms with Crippen molar-refractivity contribution < 1.29 is 4.79 Å². The SMILES string of the molecule is O=C(Cc1cccs1)N/N=C/c1sc(Nc2ccccc2)nc1Cl. The van der Waals surface area contributed by atoms with E-state index in [0.29, 0.717) is 21.6 Å². The van der Waals surface area contributed by atoms with Gasteiger partial charge in [0.2, 0.25) is 5.91 Å². The Kier molecular flexibility index (Phi) is 5.58. The smallest absolute Gasteiger partial charge is 0.245 e. The van der Waals surface area contributed by atoms with Gasteiger partial charge in [0.25, 0.3) is 0 Å². The monoisotopic (exact) mass is 376 g/mol. The van der Waals surface area contributed by atoms with Crippen molar-refractivity contribution in [1.29, 1.82) is 0 Å². The number of hydrazone groups is 1. The molecule has 0 radical (unpaired) electrons. The van der Waals surface area contributed by atoms with E-state index < -0.39 is 0 Å². The van der Waals surface area contributed by atoms with E-state index in [0.717, 1.165) is 10.6 Å². The van der Waals surface area contributed by atoms with Crippen molar-refractivity contribution >= 4 is 57.2 Å². The van der Waals surface area contributed by atoms with E-state index in [9.17, 15) is 4.79 Å². The lowest BCUT2D eigenvalue weighted by Gasteiger charge is -1.99. The molecule has 0 fully saturated rings. The van der Waals surface area contributed by atoms with Crippen LogP contribution in [-0.2, 0) is 11.2 Å². The Hall–Kier alpha value is -2.22. The van der Waals surface area contributed by atoms with E-state index in [1.54, 1.807) is 0 Å². The van der Waals surface area contributed by atoms with Crippen LogP contribution in [0.5, 0.6) is 0 Å². The first-order valence-electron chi connectivity index (χ1n) is 7.03. The van der Waals surface area contributed by atoms with E-state index in [2.05, 4.69) is 20.8 Å². The summed E-state index contributed by atoms with van der Waals surface area (Å²) in [6.07, 6.45) is 1.81. The minimum Gasteiger partial charge on any atom is -0.331 e. The number of carbonyl (C=O) groups is 1. The summed E-state index contributed by atoms with van der Waals surface area (Å²) < 4.78 is 0. The Bertz CT molecular complexity index is 831. The molecule has 0 aliphatic heterocycles. The molecule has 3 aromatic rings. The quantitative estimate of drug-likeness (QED) is 0.498. The summed E-state index contributed by atoms with van der Waals surface area (Å²) in [4.78, 5) is 17.7. The molecule has 5 nitrogen and oxygen atoms in total. The van der Waals surface area contributed by atoms with Crippen molar-refractivity contribution in [3.63, 3.8) is 0 Å². The number of nitrogens with zero attached hydrogens (tertiary/aromatic N) is 2. The average molecular weight is 377 g/mol. The number of hydrogen-bond acceptors (Lipinski definition) is 6. The van der Waals surface area contributed by atoms with Gasteiger partial charge in [-0.15, -0.1) is 11.3 Å². The molecular weight excluding hydrogens is 364 g/mol. The summed E-state index contributed by atoms with van der Waals surface area (Å²) in [6.45, 7) is 0. The van der Waals surface area contributed by atoms with Gasteiger partial charge >= 0.3 is 0 Å². The molecule has 0 aliphatic carbocycles. The van der Waals surface area contributed by atoms with E-state index in [4.69, 9.17) is 11.6 Å². The molecule has 8 heteroatoms. The van der Waals surface area contributed by atoms with Gasteiger partial charge < -0.3 is 5.32 Å². The van der Waals surface area contributed by atoms with Crippen LogP contribution in [0.15, 0.2) is 52.9 Å². The van der Waals surface area contributed by atoms with Gasteiger partial charge in [-0.05, 0) is 23.6 Å². The molecule has 122 valence electrons. The van der Waals surface area contributed by atoms with Crippen LogP contribution in [-0.4, -0.2) is 17.1 Å². The molecule has 0 unspecified atom stereocenters. The first-order chi connectivity index (χ1) is 11.7. The Balaban J connectivity index is 1.58. The molecule has 0 bridgehead atoms. The highest BCUT2D eigenvalue weighted by molar-refractivity contribution is 7.17. The van der Waals surface area contributed by atoms with Gasteiger partial charge in [0.15, 0.2) is 10.3 Å². The van der Waals surface area contributed by atoms with Crippen molar-refractivity contribution in [2.24, 2.45) is 5.10 Å². The first-order valence-corrected chi connectivity index (χ1v) is 9.11. The predicted molar refractivity (Wildman–Crippen MR) is 101 cm³/mol. The molecule has 1 amide bonds. The second-order valence-corrected chi connectivity index (χ2v) is 7.14. The number of thiazole rings is 1. The highest BCUT2D eigenvalue weighted by atomic mass is 35.5. The van der Waals surface area contributed by atoms with Gasteiger partial charge in [0.1, 0.15) is 0 Å². The maximum atomic E-state index is 11.8. The highest BCUT2D eigenvalue weighted by Gasteiger charge is 2.08.